The number of nitrogens with one attached hydrogen (secondary N) is 1. The van der Waals surface area contributed by atoms with Crippen LogP contribution in [0.15, 0.2) is 18.2 Å². The molecule has 0 aliphatic heterocycles. The van der Waals surface area contributed by atoms with Crippen molar-refractivity contribution in [3.63, 3.8) is 0 Å². The zero-order valence-electron chi connectivity index (χ0n) is 7.46. The summed E-state index contributed by atoms with van der Waals surface area (Å²) in [7, 11) is 2.55. The number of hydrogen-bond donors (Lipinski definition) is 2. The van der Waals surface area contributed by atoms with Gasteiger partial charge in [0, 0.05) is 17.5 Å². The van der Waals surface area contributed by atoms with Gasteiger partial charge >= 0.3 is 0 Å². The monoisotopic (exact) mass is 182 g/mol. The average Bonchev–Trinajstić information content (AvgIpc) is 2.08. The summed E-state index contributed by atoms with van der Waals surface area (Å²) < 4.78 is 0. The molecule has 3 N–H and O–H groups in total. The van der Waals surface area contributed by atoms with E-state index in [1.807, 2.05) is 32.0 Å². The van der Waals surface area contributed by atoms with Crippen LogP contribution < -0.4 is 11.0 Å². The van der Waals surface area contributed by atoms with Gasteiger partial charge in [-0.1, -0.05) is 26.0 Å². The highest BCUT2D eigenvalue weighted by atomic mass is 31.0. The molecule has 0 saturated carbocycles. The van der Waals surface area contributed by atoms with Crippen molar-refractivity contribution >= 4 is 26.4 Å². The van der Waals surface area contributed by atoms with Crippen LogP contribution in [0.25, 0.3) is 0 Å². The van der Waals surface area contributed by atoms with Crippen LogP contribution in [0.3, 0.4) is 0 Å². The highest BCUT2D eigenvalue weighted by Gasteiger charge is 1.93. The molecule has 0 saturated heterocycles. The zero-order valence-corrected chi connectivity index (χ0v) is 8.62. The van der Waals surface area contributed by atoms with Gasteiger partial charge in [0.2, 0.25) is 0 Å². The Morgan fingerprint density at radius 2 is 2.00 bits per heavy atom. The predicted octanol–water partition coefficient (Wildman–Crippen LogP) is 1.79. The maximum atomic E-state index is 6.94. The molecule has 0 spiro atoms. The van der Waals surface area contributed by atoms with Gasteiger partial charge in [-0.2, -0.15) is 0 Å². The number of benzene rings is 1. The minimum atomic E-state index is 0.655. The molecule has 0 aromatic heterocycles. The van der Waals surface area contributed by atoms with E-state index in [4.69, 9.17) is 11.1 Å². The Kier molecular flexibility index (Phi) is 5.31. The third-order valence-electron chi connectivity index (χ3n) is 1.27. The van der Waals surface area contributed by atoms with Gasteiger partial charge in [0.1, 0.15) is 0 Å². The van der Waals surface area contributed by atoms with Crippen molar-refractivity contribution in [2.75, 3.05) is 5.73 Å². The summed E-state index contributed by atoms with van der Waals surface area (Å²) in [6.45, 7) is 4.00. The maximum Gasteiger partial charge on any atom is 0.0409 e. The number of nitrogen functional groups attached to an aromatic ring is 1. The van der Waals surface area contributed by atoms with Gasteiger partial charge in [-0.15, -0.1) is 9.24 Å². The van der Waals surface area contributed by atoms with Gasteiger partial charge in [-0.25, -0.2) is 0 Å². The first-order chi connectivity index (χ1) is 5.74. The van der Waals surface area contributed by atoms with Gasteiger partial charge in [0.25, 0.3) is 0 Å². The third kappa shape index (κ3) is 3.02. The van der Waals surface area contributed by atoms with E-state index in [-0.39, 0.29) is 0 Å². The van der Waals surface area contributed by atoms with Crippen LogP contribution in [0, 0.1) is 5.41 Å². The van der Waals surface area contributed by atoms with E-state index in [9.17, 15) is 0 Å². The summed E-state index contributed by atoms with van der Waals surface area (Å²) >= 11 is 0. The smallest absolute Gasteiger partial charge is 0.0409 e. The average molecular weight is 182 g/mol. The quantitative estimate of drug-likeness (QED) is 0.388. The third-order valence-corrected chi connectivity index (χ3v) is 1.63. The number of hydrogen-bond acceptors (Lipinski definition) is 2. The number of anilines is 1. The second-order valence-electron chi connectivity index (χ2n) is 2.03. The fourth-order valence-electron chi connectivity index (χ4n) is 0.725. The van der Waals surface area contributed by atoms with Crippen LogP contribution in [0.5, 0.6) is 0 Å². The highest BCUT2D eigenvalue weighted by Crippen LogP contribution is 2.06. The van der Waals surface area contributed by atoms with Crippen LogP contribution in [-0.2, 0) is 0 Å². The summed E-state index contributed by atoms with van der Waals surface area (Å²) in [5.74, 6) is 0. The van der Waals surface area contributed by atoms with Gasteiger partial charge in [-0.05, 0) is 11.4 Å². The molecule has 0 aliphatic carbocycles. The van der Waals surface area contributed by atoms with Crippen LogP contribution in [-0.4, -0.2) is 6.21 Å². The molecule has 0 heterocycles. The molecule has 0 fully saturated rings. The lowest BCUT2D eigenvalue weighted by atomic mass is 10.2. The van der Waals surface area contributed by atoms with Crippen LogP contribution in [0.1, 0.15) is 19.4 Å². The van der Waals surface area contributed by atoms with Gasteiger partial charge in [0.15, 0.2) is 0 Å². The van der Waals surface area contributed by atoms with E-state index >= 15 is 0 Å². The Morgan fingerprint density at radius 3 is 2.42 bits per heavy atom. The first-order valence-electron chi connectivity index (χ1n) is 3.89. The molecule has 0 amide bonds. The summed E-state index contributed by atoms with van der Waals surface area (Å²) in [4.78, 5) is 0. The van der Waals surface area contributed by atoms with Crippen LogP contribution in [0.4, 0.5) is 5.69 Å². The van der Waals surface area contributed by atoms with Crippen molar-refractivity contribution in [3.8, 4) is 0 Å². The minimum Gasteiger partial charge on any atom is -0.398 e. The molecule has 0 radical (unpaired) electrons. The summed E-state index contributed by atoms with van der Waals surface area (Å²) in [5.41, 5.74) is 6.99. The Bertz CT molecular complexity index is 259. The van der Waals surface area contributed by atoms with E-state index in [2.05, 4.69) is 9.24 Å². The number of rotatable bonds is 1. The topological polar surface area (TPSA) is 49.9 Å². The highest BCUT2D eigenvalue weighted by molar-refractivity contribution is 7.27. The van der Waals surface area contributed by atoms with E-state index < -0.39 is 0 Å². The van der Waals surface area contributed by atoms with Gasteiger partial charge in [-0.3, -0.25) is 0 Å². The molecule has 1 aromatic carbocycles. The van der Waals surface area contributed by atoms with E-state index in [1.54, 1.807) is 0 Å². The van der Waals surface area contributed by atoms with Gasteiger partial charge in [0.05, 0.1) is 0 Å². The molecule has 12 heavy (non-hydrogen) atoms. The van der Waals surface area contributed by atoms with Crippen molar-refractivity contribution < 1.29 is 0 Å². The van der Waals surface area contributed by atoms with Crippen molar-refractivity contribution in [1.29, 1.82) is 5.41 Å². The lowest BCUT2D eigenvalue weighted by Gasteiger charge is -1.98. The summed E-state index contributed by atoms with van der Waals surface area (Å²) in [6.07, 6.45) is 1.25. The van der Waals surface area contributed by atoms with E-state index in [0.717, 1.165) is 10.9 Å². The van der Waals surface area contributed by atoms with Crippen molar-refractivity contribution in [3.05, 3.63) is 23.8 Å². The molecule has 1 unspecified atom stereocenters. The fourth-order valence-corrected chi connectivity index (χ4v) is 1.00. The fraction of sp³-hybridized carbons (Fsp3) is 0.222. The molecule has 66 valence electrons. The molecule has 1 rings (SSSR count). The largest absolute Gasteiger partial charge is 0.398 e. The molecule has 0 aliphatic rings. The second-order valence-corrected chi connectivity index (χ2v) is 2.70. The Hall–Kier alpha value is -0.880. The summed E-state index contributed by atoms with van der Waals surface area (Å²) in [5, 5.41) is 7.99. The zero-order chi connectivity index (χ0) is 9.56. The van der Waals surface area contributed by atoms with E-state index in [0.29, 0.717) is 5.69 Å². The first-order valence-corrected chi connectivity index (χ1v) is 4.47. The van der Waals surface area contributed by atoms with Crippen molar-refractivity contribution in [2.24, 2.45) is 0 Å². The van der Waals surface area contributed by atoms with Crippen molar-refractivity contribution in [1.82, 2.24) is 0 Å². The molecular formula is C9H15N2P. The number of nitrogens with two attached hydrogens (primary N) is 1. The lowest BCUT2D eigenvalue weighted by Crippen LogP contribution is -1.98. The minimum absolute atomic E-state index is 0.655. The lowest BCUT2D eigenvalue weighted by molar-refractivity contribution is 1.50. The first kappa shape index (κ1) is 11.1. The van der Waals surface area contributed by atoms with Crippen LogP contribution >= 0.6 is 9.24 Å². The molecule has 3 heteroatoms. The van der Waals surface area contributed by atoms with Crippen LogP contribution in [0.2, 0.25) is 0 Å². The Balaban J connectivity index is 0.000000561. The molecule has 1 atom stereocenters. The van der Waals surface area contributed by atoms with Gasteiger partial charge < -0.3 is 11.1 Å². The van der Waals surface area contributed by atoms with E-state index in [1.165, 1.54) is 6.21 Å². The Labute approximate surface area is 75.9 Å². The molecule has 2 nitrogen and oxygen atoms in total. The molecule has 0 bridgehead atoms. The standard InChI is InChI=1S/C7H9N2P.C2H6/c8-4-5-1-2-6(10)3-7(5)9;1-2/h1-4,8H,9-10H2;1-2H3. The predicted molar refractivity (Wildman–Crippen MR) is 59.4 cm³/mol. The van der Waals surface area contributed by atoms with Crippen molar-refractivity contribution in [2.45, 2.75) is 13.8 Å². The normalized spacial score (nSPS) is 8.25. The SMILES string of the molecule is CC.N=Cc1ccc(P)cc1N. The molecule has 1 aromatic rings. The molecular weight excluding hydrogens is 167 g/mol. The summed E-state index contributed by atoms with van der Waals surface area (Å²) in [6, 6.07) is 5.55. The second kappa shape index (κ2) is 5.73. The maximum absolute atomic E-state index is 6.94. The Morgan fingerprint density at radius 1 is 1.42 bits per heavy atom.